The van der Waals surface area contributed by atoms with Gasteiger partial charge in [-0.15, -0.1) is 24.0 Å². The molecule has 1 fully saturated rings. The molecule has 0 saturated carbocycles. The summed E-state index contributed by atoms with van der Waals surface area (Å²) in [5, 5.41) is 6.36. The molecule has 7 heteroatoms. The number of halogens is 1. The molecule has 1 aromatic rings. The zero-order valence-electron chi connectivity index (χ0n) is 13.0. The van der Waals surface area contributed by atoms with Crippen LogP contribution in [0, 0.1) is 0 Å². The van der Waals surface area contributed by atoms with E-state index in [2.05, 4.69) is 15.6 Å². The van der Waals surface area contributed by atoms with Crippen molar-refractivity contribution >= 4 is 35.8 Å². The van der Waals surface area contributed by atoms with Crippen LogP contribution in [-0.4, -0.2) is 49.5 Å². The van der Waals surface area contributed by atoms with Gasteiger partial charge in [-0.2, -0.15) is 0 Å². The molecule has 0 radical (unpaired) electrons. The number of furan rings is 1. The van der Waals surface area contributed by atoms with Gasteiger partial charge in [-0.3, -0.25) is 4.79 Å². The van der Waals surface area contributed by atoms with Crippen molar-refractivity contribution in [3.05, 3.63) is 24.2 Å². The number of carbonyl (C=O) groups excluding carboxylic acids is 1. The lowest BCUT2D eigenvalue weighted by molar-refractivity contribution is -0.128. The van der Waals surface area contributed by atoms with E-state index < -0.39 is 0 Å². The SMILES string of the molecule is CCNC(=NCC(=O)N1CCCC1)NCCc1ccco1.I. The van der Waals surface area contributed by atoms with Crippen LogP contribution in [0.25, 0.3) is 0 Å². The Kier molecular flexibility index (Phi) is 8.95. The van der Waals surface area contributed by atoms with Crippen LogP contribution in [0.2, 0.25) is 0 Å². The Bertz CT molecular complexity index is 456. The molecule has 1 amide bonds. The van der Waals surface area contributed by atoms with Crippen LogP contribution in [0.15, 0.2) is 27.8 Å². The van der Waals surface area contributed by atoms with Gasteiger partial charge in [0.25, 0.3) is 0 Å². The lowest BCUT2D eigenvalue weighted by Crippen LogP contribution is -2.39. The molecule has 124 valence electrons. The maximum atomic E-state index is 12.0. The summed E-state index contributed by atoms with van der Waals surface area (Å²) in [6.45, 7) is 5.44. The van der Waals surface area contributed by atoms with Gasteiger partial charge in [-0.1, -0.05) is 0 Å². The van der Waals surface area contributed by atoms with Crippen LogP contribution in [0.3, 0.4) is 0 Å². The normalized spacial score (nSPS) is 14.6. The number of nitrogens with zero attached hydrogens (tertiary/aromatic N) is 2. The van der Waals surface area contributed by atoms with Gasteiger partial charge >= 0.3 is 0 Å². The van der Waals surface area contributed by atoms with E-state index in [-0.39, 0.29) is 36.4 Å². The number of nitrogens with one attached hydrogen (secondary N) is 2. The van der Waals surface area contributed by atoms with Crippen LogP contribution in [-0.2, 0) is 11.2 Å². The first-order valence-electron chi connectivity index (χ1n) is 7.62. The van der Waals surface area contributed by atoms with Crippen molar-refractivity contribution in [3.8, 4) is 0 Å². The average Bonchev–Trinajstić information content (AvgIpc) is 3.17. The molecule has 0 aromatic carbocycles. The first kappa shape index (κ1) is 18.8. The van der Waals surface area contributed by atoms with Crippen LogP contribution < -0.4 is 10.6 Å². The van der Waals surface area contributed by atoms with Crippen LogP contribution in [0.1, 0.15) is 25.5 Å². The van der Waals surface area contributed by atoms with Crippen LogP contribution >= 0.6 is 24.0 Å². The third-order valence-electron chi connectivity index (χ3n) is 3.42. The molecular formula is C15H25IN4O2. The fourth-order valence-electron chi connectivity index (χ4n) is 2.31. The molecule has 0 unspecified atom stereocenters. The Morgan fingerprint density at radius 2 is 2.14 bits per heavy atom. The summed E-state index contributed by atoms with van der Waals surface area (Å²) in [5.74, 6) is 1.72. The van der Waals surface area contributed by atoms with Crippen molar-refractivity contribution in [2.24, 2.45) is 4.99 Å². The molecule has 0 aliphatic carbocycles. The highest BCUT2D eigenvalue weighted by Gasteiger charge is 2.17. The molecule has 1 aromatic heterocycles. The van der Waals surface area contributed by atoms with E-state index in [1.807, 2.05) is 24.0 Å². The Labute approximate surface area is 148 Å². The van der Waals surface area contributed by atoms with Crippen molar-refractivity contribution in [2.75, 3.05) is 32.7 Å². The summed E-state index contributed by atoms with van der Waals surface area (Å²) < 4.78 is 5.28. The van der Waals surface area contributed by atoms with Crippen molar-refractivity contribution < 1.29 is 9.21 Å². The predicted octanol–water partition coefficient (Wildman–Crippen LogP) is 1.62. The molecule has 0 bridgehead atoms. The highest BCUT2D eigenvalue weighted by atomic mass is 127. The van der Waals surface area contributed by atoms with Crippen LogP contribution in [0.5, 0.6) is 0 Å². The average molecular weight is 420 g/mol. The Balaban J connectivity index is 0.00000242. The van der Waals surface area contributed by atoms with Crippen LogP contribution in [0.4, 0.5) is 0 Å². The molecule has 6 nitrogen and oxygen atoms in total. The Morgan fingerprint density at radius 1 is 1.36 bits per heavy atom. The lowest BCUT2D eigenvalue weighted by Gasteiger charge is -2.15. The van der Waals surface area contributed by atoms with E-state index in [0.717, 1.165) is 51.2 Å². The van der Waals surface area contributed by atoms with Gasteiger partial charge in [0.05, 0.1) is 6.26 Å². The van der Waals surface area contributed by atoms with E-state index in [0.29, 0.717) is 5.96 Å². The van der Waals surface area contributed by atoms with Crippen molar-refractivity contribution in [3.63, 3.8) is 0 Å². The molecule has 0 spiro atoms. The smallest absolute Gasteiger partial charge is 0.244 e. The summed E-state index contributed by atoms with van der Waals surface area (Å²) in [6.07, 6.45) is 4.68. The number of likely N-dealkylation sites (tertiary alicyclic amines) is 1. The molecule has 2 rings (SSSR count). The first-order valence-corrected chi connectivity index (χ1v) is 7.62. The second kappa shape index (κ2) is 10.5. The fraction of sp³-hybridized carbons (Fsp3) is 0.600. The van der Waals surface area contributed by atoms with Gasteiger partial charge in [0.1, 0.15) is 12.3 Å². The van der Waals surface area contributed by atoms with Gasteiger partial charge in [-0.05, 0) is 31.9 Å². The van der Waals surface area contributed by atoms with Crippen molar-refractivity contribution in [2.45, 2.75) is 26.2 Å². The summed E-state index contributed by atoms with van der Waals surface area (Å²) in [4.78, 5) is 18.2. The Hall–Kier alpha value is -1.25. The molecule has 1 aliphatic heterocycles. The second-order valence-electron chi connectivity index (χ2n) is 5.04. The molecule has 2 N–H and O–H groups in total. The quantitative estimate of drug-likeness (QED) is 0.417. The molecular weight excluding hydrogens is 395 g/mol. The monoisotopic (exact) mass is 420 g/mol. The summed E-state index contributed by atoms with van der Waals surface area (Å²) >= 11 is 0. The van der Waals surface area contributed by atoms with Crippen molar-refractivity contribution in [1.29, 1.82) is 0 Å². The predicted molar refractivity (Wildman–Crippen MR) is 97.6 cm³/mol. The summed E-state index contributed by atoms with van der Waals surface area (Å²) in [6, 6.07) is 3.83. The minimum absolute atomic E-state index is 0. The van der Waals surface area contributed by atoms with Gasteiger partial charge in [-0.25, -0.2) is 4.99 Å². The molecule has 2 heterocycles. The number of aliphatic imine (C=N–C) groups is 1. The molecule has 0 atom stereocenters. The van der Waals surface area contributed by atoms with Crippen molar-refractivity contribution in [1.82, 2.24) is 15.5 Å². The fourth-order valence-corrected chi connectivity index (χ4v) is 2.31. The number of guanidine groups is 1. The van der Waals surface area contributed by atoms with E-state index in [1.54, 1.807) is 6.26 Å². The van der Waals surface area contributed by atoms with Gasteiger partial charge in [0.2, 0.25) is 5.91 Å². The minimum Gasteiger partial charge on any atom is -0.469 e. The number of amides is 1. The van der Waals surface area contributed by atoms with Gasteiger partial charge in [0.15, 0.2) is 5.96 Å². The minimum atomic E-state index is 0. The first-order chi connectivity index (χ1) is 10.3. The highest BCUT2D eigenvalue weighted by molar-refractivity contribution is 14.0. The third kappa shape index (κ3) is 6.25. The van der Waals surface area contributed by atoms with Gasteiger partial charge in [0, 0.05) is 32.6 Å². The molecule has 1 aliphatic rings. The number of hydrogen-bond acceptors (Lipinski definition) is 3. The van der Waals surface area contributed by atoms with E-state index in [4.69, 9.17) is 4.42 Å². The maximum absolute atomic E-state index is 12.0. The van der Waals surface area contributed by atoms with E-state index >= 15 is 0 Å². The van der Waals surface area contributed by atoms with E-state index in [9.17, 15) is 4.79 Å². The third-order valence-corrected chi connectivity index (χ3v) is 3.42. The number of hydrogen-bond donors (Lipinski definition) is 2. The number of carbonyl (C=O) groups is 1. The largest absolute Gasteiger partial charge is 0.469 e. The zero-order valence-corrected chi connectivity index (χ0v) is 15.3. The highest BCUT2D eigenvalue weighted by Crippen LogP contribution is 2.07. The zero-order chi connectivity index (χ0) is 14.9. The number of rotatable bonds is 6. The van der Waals surface area contributed by atoms with E-state index in [1.165, 1.54) is 0 Å². The molecule has 22 heavy (non-hydrogen) atoms. The van der Waals surface area contributed by atoms with Gasteiger partial charge < -0.3 is 20.0 Å². The standard InChI is InChI=1S/C15H24N4O2.HI/c1-2-16-15(17-8-7-13-6-5-11-21-13)18-12-14(20)19-9-3-4-10-19;/h5-6,11H,2-4,7-10,12H2,1H3,(H2,16,17,18);1H. The molecule has 1 saturated heterocycles. The Morgan fingerprint density at radius 3 is 2.77 bits per heavy atom. The summed E-state index contributed by atoms with van der Waals surface area (Å²) in [5.41, 5.74) is 0. The summed E-state index contributed by atoms with van der Waals surface area (Å²) in [7, 11) is 0. The topological polar surface area (TPSA) is 69.9 Å². The lowest BCUT2D eigenvalue weighted by atomic mass is 10.3. The second-order valence-corrected chi connectivity index (χ2v) is 5.04. The maximum Gasteiger partial charge on any atom is 0.244 e.